The summed E-state index contributed by atoms with van der Waals surface area (Å²) < 4.78 is 5.21. The predicted octanol–water partition coefficient (Wildman–Crippen LogP) is 4.49. The molecule has 0 aliphatic carbocycles. The molecule has 0 radical (unpaired) electrons. The van der Waals surface area contributed by atoms with Gasteiger partial charge in [-0.25, -0.2) is 0 Å². The SMILES string of the molecule is CCC(C)N(CCOC)c1c(Cl)cccc1CBr. The van der Waals surface area contributed by atoms with Crippen molar-refractivity contribution < 1.29 is 4.74 Å². The van der Waals surface area contributed by atoms with Crippen molar-refractivity contribution in [3.8, 4) is 0 Å². The quantitative estimate of drug-likeness (QED) is 0.681. The zero-order valence-electron chi connectivity index (χ0n) is 11.2. The number of halogens is 2. The average Bonchev–Trinajstić information content (AvgIpc) is 2.39. The number of methoxy groups -OCH3 is 1. The van der Waals surface area contributed by atoms with Crippen LogP contribution in [-0.2, 0) is 10.1 Å². The van der Waals surface area contributed by atoms with Crippen LogP contribution in [0.15, 0.2) is 18.2 Å². The van der Waals surface area contributed by atoms with Crippen molar-refractivity contribution in [1.29, 1.82) is 0 Å². The first-order valence-electron chi connectivity index (χ1n) is 6.24. The normalized spacial score (nSPS) is 12.5. The van der Waals surface area contributed by atoms with Gasteiger partial charge in [0.1, 0.15) is 0 Å². The number of benzene rings is 1. The van der Waals surface area contributed by atoms with E-state index in [2.05, 4.69) is 40.7 Å². The maximum Gasteiger partial charge on any atom is 0.0642 e. The van der Waals surface area contributed by atoms with Crippen LogP contribution in [0.4, 0.5) is 5.69 Å². The van der Waals surface area contributed by atoms with Gasteiger partial charge in [0.25, 0.3) is 0 Å². The second-order valence-electron chi connectivity index (χ2n) is 4.32. The van der Waals surface area contributed by atoms with E-state index >= 15 is 0 Å². The molecule has 0 amide bonds. The Hall–Kier alpha value is -0.250. The van der Waals surface area contributed by atoms with Gasteiger partial charge in [-0.15, -0.1) is 0 Å². The highest BCUT2D eigenvalue weighted by Crippen LogP contribution is 2.33. The van der Waals surface area contributed by atoms with Crippen molar-refractivity contribution in [1.82, 2.24) is 0 Å². The largest absolute Gasteiger partial charge is 0.383 e. The van der Waals surface area contributed by atoms with Crippen molar-refractivity contribution in [2.75, 3.05) is 25.2 Å². The Kier molecular flexibility index (Phi) is 7.05. The number of hydrogen-bond donors (Lipinski definition) is 0. The lowest BCUT2D eigenvalue weighted by atomic mass is 10.1. The summed E-state index contributed by atoms with van der Waals surface area (Å²) in [5.41, 5.74) is 2.35. The summed E-state index contributed by atoms with van der Waals surface area (Å²) in [6, 6.07) is 6.49. The van der Waals surface area contributed by atoms with Crippen LogP contribution in [-0.4, -0.2) is 26.3 Å². The zero-order chi connectivity index (χ0) is 13.5. The van der Waals surface area contributed by atoms with Gasteiger partial charge >= 0.3 is 0 Å². The molecule has 1 aromatic carbocycles. The van der Waals surface area contributed by atoms with Crippen molar-refractivity contribution in [2.45, 2.75) is 31.6 Å². The molecular weight excluding hydrogens is 314 g/mol. The topological polar surface area (TPSA) is 12.5 Å². The second-order valence-corrected chi connectivity index (χ2v) is 5.29. The molecule has 0 N–H and O–H groups in total. The minimum absolute atomic E-state index is 0.442. The standard InChI is InChI=1S/C14H21BrClNO/c1-4-11(2)17(8-9-18-3)14-12(10-15)6-5-7-13(14)16/h5-7,11H,4,8-10H2,1-3H3. The molecular formula is C14H21BrClNO. The van der Waals surface area contributed by atoms with E-state index in [1.165, 1.54) is 5.56 Å². The minimum atomic E-state index is 0.442. The first kappa shape index (κ1) is 15.8. The van der Waals surface area contributed by atoms with E-state index in [1.807, 2.05) is 12.1 Å². The molecule has 0 bridgehead atoms. The fourth-order valence-corrected chi connectivity index (χ4v) is 2.71. The molecule has 4 heteroatoms. The van der Waals surface area contributed by atoms with Crippen molar-refractivity contribution in [2.24, 2.45) is 0 Å². The van der Waals surface area contributed by atoms with E-state index in [-0.39, 0.29) is 0 Å². The van der Waals surface area contributed by atoms with Gasteiger partial charge in [-0.3, -0.25) is 0 Å². The molecule has 0 aliphatic rings. The molecule has 0 heterocycles. The zero-order valence-corrected chi connectivity index (χ0v) is 13.6. The first-order valence-corrected chi connectivity index (χ1v) is 7.74. The van der Waals surface area contributed by atoms with Crippen LogP contribution in [0.2, 0.25) is 5.02 Å². The number of alkyl halides is 1. The Morgan fingerprint density at radius 3 is 2.72 bits per heavy atom. The fraction of sp³-hybridized carbons (Fsp3) is 0.571. The van der Waals surface area contributed by atoms with Gasteiger partial charge in [0.05, 0.1) is 17.3 Å². The Balaban J connectivity index is 3.10. The highest BCUT2D eigenvalue weighted by atomic mass is 79.9. The molecule has 1 unspecified atom stereocenters. The van der Waals surface area contributed by atoms with Crippen LogP contribution in [0.25, 0.3) is 0 Å². The summed E-state index contributed by atoms with van der Waals surface area (Å²) >= 11 is 9.91. The fourth-order valence-electron chi connectivity index (χ4n) is 1.95. The summed E-state index contributed by atoms with van der Waals surface area (Å²) in [6.45, 7) is 5.97. The molecule has 1 rings (SSSR count). The Labute approximate surface area is 123 Å². The van der Waals surface area contributed by atoms with Crippen LogP contribution < -0.4 is 4.90 Å². The van der Waals surface area contributed by atoms with Crippen molar-refractivity contribution in [3.05, 3.63) is 28.8 Å². The van der Waals surface area contributed by atoms with Gasteiger partial charge < -0.3 is 9.64 Å². The van der Waals surface area contributed by atoms with E-state index in [0.29, 0.717) is 12.6 Å². The molecule has 0 saturated carbocycles. The van der Waals surface area contributed by atoms with Crippen molar-refractivity contribution in [3.63, 3.8) is 0 Å². The van der Waals surface area contributed by atoms with E-state index in [1.54, 1.807) is 7.11 Å². The minimum Gasteiger partial charge on any atom is -0.383 e. The van der Waals surface area contributed by atoms with E-state index in [4.69, 9.17) is 16.3 Å². The van der Waals surface area contributed by atoms with Gasteiger partial charge in [-0.2, -0.15) is 0 Å². The van der Waals surface area contributed by atoms with Crippen LogP contribution in [0.5, 0.6) is 0 Å². The van der Waals surface area contributed by atoms with Gasteiger partial charge in [0, 0.05) is 25.0 Å². The molecule has 0 spiro atoms. The third kappa shape index (κ3) is 3.87. The maximum absolute atomic E-state index is 6.38. The summed E-state index contributed by atoms with van der Waals surface area (Å²) in [7, 11) is 1.73. The lowest BCUT2D eigenvalue weighted by Crippen LogP contribution is -2.36. The summed E-state index contributed by atoms with van der Waals surface area (Å²) in [5, 5.41) is 1.62. The van der Waals surface area contributed by atoms with Gasteiger partial charge in [0.15, 0.2) is 0 Å². The first-order chi connectivity index (χ1) is 8.65. The van der Waals surface area contributed by atoms with Crippen molar-refractivity contribution >= 4 is 33.2 Å². The smallest absolute Gasteiger partial charge is 0.0642 e. The number of anilines is 1. The number of para-hydroxylation sites is 1. The molecule has 0 saturated heterocycles. The van der Waals surface area contributed by atoms with E-state index in [9.17, 15) is 0 Å². The van der Waals surface area contributed by atoms with Gasteiger partial charge in [-0.1, -0.05) is 46.6 Å². The molecule has 0 aliphatic heterocycles. The van der Waals surface area contributed by atoms with Gasteiger partial charge in [-0.05, 0) is 25.0 Å². The lowest BCUT2D eigenvalue weighted by molar-refractivity contribution is 0.203. The summed E-state index contributed by atoms with van der Waals surface area (Å²) in [6.07, 6.45) is 1.08. The monoisotopic (exact) mass is 333 g/mol. The molecule has 1 aromatic rings. The maximum atomic E-state index is 6.38. The molecule has 1 atom stereocenters. The highest BCUT2D eigenvalue weighted by molar-refractivity contribution is 9.08. The number of rotatable bonds is 7. The molecule has 0 fully saturated rings. The van der Waals surface area contributed by atoms with Crippen LogP contribution in [0.3, 0.4) is 0 Å². The molecule has 18 heavy (non-hydrogen) atoms. The lowest BCUT2D eigenvalue weighted by Gasteiger charge is -2.33. The molecule has 2 nitrogen and oxygen atoms in total. The molecule has 102 valence electrons. The van der Waals surface area contributed by atoms with E-state index < -0.39 is 0 Å². The van der Waals surface area contributed by atoms with Crippen LogP contribution >= 0.6 is 27.5 Å². The van der Waals surface area contributed by atoms with Crippen LogP contribution in [0.1, 0.15) is 25.8 Å². The molecule has 0 aromatic heterocycles. The average molecular weight is 335 g/mol. The highest BCUT2D eigenvalue weighted by Gasteiger charge is 2.18. The number of hydrogen-bond acceptors (Lipinski definition) is 2. The number of ether oxygens (including phenoxy) is 1. The second kappa shape index (κ2) is 8.03. The number of nitrogens with zero attached hydrogens (tertiary/aromatic N) is 1. The Morgan fingerprint density at radius 2 is 2.17 bits per heavy atom. The summed E-state index contributed by atoms with van der Waals surface area (Å²) in [5.74, 6) is 0. The Morgan fingerprint density at radius 1 is 1.44 bits per heavy atom. The summed E-state index contributed by atoms with van der Waals surface area (Å²) in [4.78, 5) is 2.34. The predicted molar refractivity (Wildman–Crippen MR) is 83.1 cm³/mol. The van der Waals surface area contributed by atoms with Gasteiger partial charge in [0.2, 0.25) is 0 Å². The third-order valence-corrected chi connectivity index (χ3v) is 4.07. The van der Waals surface area contributed by atoms with Crippen LogP contribution in [0, 0.1) is 0 Å². The third-order valence-electron chi connectivity index (χ3n) is 3.16. The Bertz CT molecular complexity index is 373. The van der Waals surface area contributed by atoms with E-state index in [0.717, 1.165) is 29.0 Å².